The van der Waals surface area contributed by atoms with Gasteiger partial charge in [-0.25, -0.2) is 8.42 Å². The molecular formula is C29H31NO5S. The molecule has 1 saturated carbocycles. The third-order valence-electron chi connectivity index (χ3n) is 6.83. The van der Waals surface area contributed by atoms with E-state index in [1.807, 2.05) is 12.1 Å². The Morgan fingerprint density at radius 3 is 2.56 bits per heavy atom. The molecule has 36 heavy (non-hydrogen) atoms. The minimum Gasteiger partial charge on any atom is -0.494 e. The average Bonchev–Trinajstić information content (AvgIpc) is 3.68. The van der Waals surface area contributed by atoms with Crippen LogP contribution in [0.4, 0.5) is 5.69 Å². The minimum absolute atomic E-state index is 0.122. The summed E-state index contributed by atoms with van der Waals surface area (Å²) in [4.78, 5) is 10.9. The van der Waals surface area contributed by atoms with Gasteiger partial charge in [-0.1, -0.05) is 30.3 Å². The van der Waals surface area contributed by atoms with E-state index in [1.165, 1.54) is 17.4 Å². The van der Waals surface area contributed by atoms with Crippen LogP contribution in [0.15, 0.2) is 60.7 Å². The maximum absolute atomic E-state index is 11.3. The van der Waals surface area contributed by atoms with Crippen LogP contribution in [0, 0.1) is 5.92 Å². The highest BCUT2D eigenvalue weighted by Crippen LogP contribution is 2.46. The van der Waals surface area contributed by atoms with Gasteiger partial charge in [0, 0.05) is 24.4 Å². The molecule has 2 aliphatic rings. The van der Waals surface area contributed by atoms with Crippen molar-refractivity contribution in [3.8, 4) is 16.9 Å². The van der Waals surface area contributed by atoms with Crippen molar-refractivity contribution in [2.45, 2.75) is 38.5 Å². The number of benzene rings is 3. The molecule has 0 unspecified atom stereocenters. The van der Waals surface area contributed by atoms with E-state index in [4.69, 9.17) is 9.47 Å². The number of sulfone groups is 1. The summed E-state index contributed by atoms with van der Waals surface area (Å²) in [5.41, 5.74) is 7.97. The first-order chi connectivity index (χ1) is 17.4. The molecule has 1 heterocycles. The average molecular weight is 506 g/mol. The van der Waals surface area contributed by atoms with E-state index in [2.05, 4.69) is 53.8 Å². The molecular weight excluding hydrogens is 474 g/mol. The zero-order valence-corrected chi connectivity index (χ0v) is 21.2. The monoisotopic (exact) mass is 505 g/mol. The lowest BCUT2D eigenvalue weighted by Gasteiger charge is -2.14. The molecule has 7 heteroatoms. The molecule has 1 fully saturated rings. The van der Waals surface area contributed by atoms with Crippen LogP contribution in [0.5, 0.6) is 5.75 Å². The van der Waals surface area contributed by atoms with Gasteiger partial charge < -0.3 is 19.6 Å². The van der Waals surface area contributed by atoms with E-state index in [0.29, 0.717) is 38.7 Å². The van der Waals surface area contributed by atoms with Gasteiger partial charge in [-0.3, -0.25) is 0 Å². The number of fused-ring (bicyclic) bond motifs is 3. The SMILES string of the molecule is CS(=O)(=O)CCCOc1ccc2c(c1)COCc1ccc(CNc3ccc([C@H]4C[C@@H]4C=O)cc3)cc1-2. The van der Waals surface area contributed by atoms with Crippen LogP contribution in [0.2, 0.25) is 0 Å². The fourth-order valence-electron chi connectivity index (χ4n) is 4.73. The van der Waals surface area contributed by atoms with Crippen LogP contribution in [-0.2, 0) is 39.1 Å². The van der Waals surface area contributed by atoms with Gasteiger partial charge in [-0.2, -0.15) is 0 Å². The Bertz CT molecular complexity index is 1350. The molecule has 0 radical (unpaired) electrons. The number of hydrogen-bond donors (Lipinski definition) is 1. The van der Waals surface area contributed by atoms with Crippen LogP contribution in [0.3, 0.4) is 0 Å². The second kappa shape index (κ2) is 10.4. The third kappa shape index (κ3) is 5.97. The van der Waals surface area contributed by atoms with Crippen LogP contribution in [-0.4, -0.2) is 33.3 Å². The number of nitrogens with one attached hydrogen (secondary N) is 1. The maximum atomic E-state index is 11.3. The molecule has 0 amide bonds. The molecule has 0 spiro atoms. The normalized spacial score (nSPS) is 18.5. The summed E-state index contributed by atoms with van der Waals surface area (Å²) in [6, 6.07) is 20.9. The maximum Gasteiger partial charge on any atom is 0.147 e. The van der Waals surface area contributed by atoms with E-state index in [-0.39, 0.29) is 11.7 Å². The standard InChI is InChI=1S/C29H31NO5S/c1-36(32,33)12-2-11-35-26-9-10-27-24(14-26)19-34-18-22-4-3-20(13-29(22)27)16-30-25-7-5-21(6-8-25)28-15-23(28)17-31/h3-10,13-14,17,23,28,30H,2,11-12,15-16,18-19H2,1H3/t23-,28-/m1/s1. The predicted molar refractivity (Wildman–Crippen MR) is 141 cm³/mol. The van der Waals surface area contributed by atoms with E-state index < -0.39 is 9.84 Å². The van der Waals surface area contributed by atoms with Gasteiger partial charge >= 0.3 is 0 Å². The highest BCUT2D eigenvalue weighted by Gasteiger charge is 2.37. The number of carbonyl (C=O) groups is 1. The van der Waals surface area contributed by atoms with E-state index in [1.54, 1.807) is 0 Å². The van der Waals surface area contributed by atoms with E-state index in [0.717, 1.165) is 46.4 Å². The van der Waals surface area contributed by atoms with Crippen LogP contribution in [0.1, 0.15) is 41.0 Å². The van der Waals surface area contributed by atoms with Crippen molar-refractivity contribution < 1.29 is 22.7 Å². The van der Waals surface area contributed by atoms with Crippen LogP contribution in [0.25, 0.3) is 11.1 Å². The first kappa shape index (κ1) is 24.5. The second-order valence-corrected chi connectivity index (χ2v) is 12.0. The van der Waals surface area contributed by atoms with E-state index in [9.17, 15) is 13.2 Å². The summed E-state index contributed by atoms with van der Waals surface area (Å²) >= 11 is 0. The largest absolute Gasteiger partial charge is 0.494 e. The molecule has 0 bridgehead atoms. The number of rotatable bonds is 10. The molecule has 3 aromatic carbocycles. The number of carbonyl (C=O) groups excluding carboxylic acids is 1. The predicted octanol–water partition coefficient (Wildman–Crippen LogP) is 5.11. The van der Waals surface area contributed by atoms with Crippen molar-refractivity contribution in [3.63, 3.8) is 0 Å². The summed E-state index contributed by atoms with van der Waals surface area (Å²) in [5.74, 6) is 1.43. The highest BCUT2D eigenvalue weighted by molar-refractivity contribution is 7.90. The molecule has 1 aliphatic heterocycles. The highest BCUT2D eigenvalue weighted by atomic mass is 32.2. The van der Waals surface area contributed by atoms with Crippen LogP contribution < -0.4 is 10.1 Å². The van der Waals surface area contributed by atoms with E-state index >= 15 is 0 Å². The Hall–Kier alpha value is -3.16. The Labute approximate surface area is 212 Å². The molecule has 188 valence electrons. The molecule has 1 N–H and O–H groups in total. The van der Waals surface area contributed by atoms with Gasteiger partial charge in [0.2, 0.25) is 0 Å². The third-order valence-corrected chi connectivity index (χ3v) is 7.86. The number of hydrogen-bond acceptors (Lipinski definition) is 6. The fraction of sp³-hybridized carbons (Fsp3) is 0.345. The van der Waals surface area contributed by atoms with Gasteiger partial charge in [-0.15, -0.1) is 0 Å². The van der Waals surface area contributed by atoms with Crippen LogP contribution >= 0.6 is 0 Å². The molecule has 2 atom stereocenters. The van der Waals surface area contributed by atoms with Crippen molar-refractivity contribution in [1.82, 2.24) is 0 Å². The molecule has 0 saturated heterocycles. The number of anilines is 1. The number of aldehydes is 1. The second-order valence-electron chi connectivity index (χ2n) is 9.75. The smallest absolute Gasteiger partial charge is 0.147 e. The molecule has 5 rings (SSSR count). The molecule has 3 aromatic rings. The number of ether oxygens (including phenoxy) is 2. The van der Waals surface area contributed by atoms with Crippen molar-refractivity contribution >= 4 is 21.8 Å². The molecule has 6 nitrogen and oxygen atoms in total. The van der Waals surface area contributed by atoms with Crippen molar-refractivity contribution in [1.29, 1.82) is 0 Å². The Morgan fingerprint density at radius 2 is 1.81 bits per heavy atom. The minimum atomic E-state index is -2.98. The Balaban J connectivity index is 1.25. The van der Waals surface area contributed by atoms with Crippen molar-refractivity contribution in [2.75, 3.05) is 23.9 Å². The Kier molecular flexibility index (Phi) is 7.12. The van der Waals surface area contributed by atoms with Gasteiger partial charge in [0.25, 0.3) is 0 Å². The summed E-state index contributed by atoms with van der Waals surface area (Å²) in [6.07, 6.45) is 3.74. The first-order valence-electron chi connectivity index (χ1n) is 12.3. The lowest BCUT2D eigenvalue weighted by molar-refractivity contribution is -0.108. The quantitative estimate of drug-likeness (QED) is 0.305. The molecule has 0 aromatic heterocycles. The van der Waals surface area contributed by atoms with Gasteiger partial charge in [-0.05, 0) is 82.5 Å². The lowest BCUT2D eigenvalue weighted by atomic mass is 9.94. The topological polar surface area (TPSA) is 81.7 Å². The lowest BCUT2D eigenvalue weighted by Crippen LogP contribution is -2.08. The van der Waals surface area contributed by atoms with Gasteiger partial charge in [0.1, 0.15) is 21.9 Å². The fourth-order valence-corrected chi connectivity index (χ4v) is 5.38. The van der Waals surface area contributed by atoms with Crippen molar-refractivity contribution in [3.05, 3.63) is 82.9 Å². The summed E-state index contributed by atoms with van der Waals surface area (Å²) in [6.45, 7) is 2.10. The summed E-state index contributed by atoms with van der Waals surface area (Å²) in [7, 11) is -2.98. The zero-order chi connectivity index (χ0) is 25.1. The Morgan fingerprint density at radius 1 is 1.00 bits per heavy atom. The summed E-state index contributed by atoms with van der Waals surface area (Å²) < 4.78 is 34.4. The van der Waals surface area contributed by atoms with Crippen molar-refractivity contribution in [2.24, 2.45) is 5.92 Å². The summed E-state index contributed by atoms with van der Waals surface area (Å²) in [5, 5.41) is 3.50. The molecule has 1 aliphatic carbocycles. The zero-order valence-electron chi connectivity index (χ0n) is 20.4. The van der Waals surface area contributed by atoms with Gasteiger partial charge in [0.05, 0.1) is 25.6 Å². The van der Waals surface area contributed by atoms with Gasteiger partial charge in [0.15, 0.2) is 0 Å². The first-order valence-corrected chi connectivity index (χ1v) is 14.4.